The van der Waals surface area contributed by atoms with Gasteiger partial charge in [-0.05, 0) is 5.56 Å². The number of aliphatic hydroxyl groups is 1. The molecular weight excluding hydrogens is 282 g/mol. The maximum Gasteiger partial charge on any atom is 0.221 e. The molecule has 6 heteroatoms. The maximum atomic E-state index is 11.1. The average Bonchev–Trinajstić information content (AvgIpc) is 2.27. The second-order valence-corrected chi connectivity index (χ2v) is 6.11. The molecule has 0 amide bonds. The number of rotatable bonds is 5. The van der Waals surface area contributed by atoms with Gasteiger partial charge in [-0.1, -0.05) is 46.3 Å². The summed E-state index contributed by atoms with van der Waals surface area (Å²) in [6, 6.07) is 8.90. The number of alkyl halides is 1. The zero-order chi connectivity index (χ0) is 11.3. The Morgan fingerprint density at radius 3 is 2.47 bits per heavy atom. The minimum absolute atomic E-state index is 0.0159. The number of halogens is 1. The summed E-state index contributed by atoms with van der Waals surface area (Å²) in [5, 5.41) is 9.64. The van der Waals surface area contributed by atoms with Gasteiger partial charge in [0.2, 0.25) is 10.0 Å². The summed E-state index contributed by atoms with van der Waals surface area (Å²) in [6.07, 6.45) is -0.819. The Balaban J connectivity index is 2.54. The molecule has 0 spiro atoms. The Morgan fingerprint density at radius 1 is 1.33 bits per heavy atom. The summed E-state index contributed by atoms with van der Waals surface area (Å²) in [7, 11) is -3.32. The van der Waals surface area contributed by atoms with Crippen molar-refractivity contribution < 1.29 is 13.5 Å². The molecule has 1 aromatic carbocycles. The lowest BCUT2D eigenvalue weighted by Crippen LogP contribution is -2.29. The average molecular weight is 294 g/mol. The first kappa shape index (κ1) is 12.6. The molecule has 15 heavy (non-hydrogen) atoms. The van der Waals surface area contributed by atoms with Crippen LogP contribution in [0.5, 0.6) is 0 Å². The van der Waals surface area contributed by atoms with Crippen molar-refractivity contribution in [1.29, 1.82) is 0 Å². The molecule has 0 aliphatic carbocycles. The van der Waals surface area contributed by atoms with Crippen LogP contribution in [-0.4, -0.2) is 24.7 Å². The predicted molar refractivity (Wildman–Crippen MR) is 62.1 cm³/mol. The van der Waals surface area contributed by atoms with Gasteiger partial charge in [-0.2, -0.15) is 0 Å². The highest BCUT2D eigenvalue weighted by Crippen LogP contribution is 2.10. The molecular formula is C9H12BrNO3S. The second kappa shape index (κ2) is 5.60. The van der Waals surface area contributed by atoms with Gasteiger partial charge in [-0.3, -0.25) is 0 Å². The van der Waals surface area contributed by atoms with E-state index in [0.717, 1.165) is 0 Å². The summed E-state index contributed by atoms with van der Waals surface area (Å²) in [6.45, 7) is -0.0159. The van der Waals surface area contributed by atoms with Crippen molar-refractivity contribution in [3.05, 3.63) is 35.9 Å². The fourth-order valence-electron chi connectivity index (χ4n) is 1.04. The molecule has 84 valence electrons. The van der Waals surface area contributed by atoms with E-state index in [1.807, 2.05) is 6.07 Å². The predicted octanol–water partition coefficient (Wildman–Crippen LogP) is 0.992. The van der Waals surface area contributed by atoms with E-state index in [1.54, 1.807) is 24.3 Å². The van der Waals surface area contributed by atoms with Gasteiger partial charge in [0.25, 0.3) is 0 Å². The van der Waals surface area contributed by atoms with Gasteiger partial charge in [0, 0.05) is 6.54 Å². The molecule has 0 bridgehead atoms. The minimum atomic E-state index is -3.32. The first-order valence-corrected chi connectivity index (χ1v) is 7.09. The van der Waals surface area contributed by atoms with Crippen LogP contribution in [0.3, 0.4) is 0 Å². The fraction of sp³-hybridized carbons (Fsp3) is 0.333. The van der Waals surface area contributed by atoms with Crippen LogP contribution >= 0.6 is 15.9 Å². The van der Waals surface area contributed by atoms with Gasteiger partial charge in [-0.15, -0.1) is 0 Å². The van der Waals surface area contributed by atoms with Crippen molar-refractivity contribution in [2.45, 2.75) is 6.10 Å². The highest BCUT2D eigenvalue weighted by molar-refractivity contribution is 9.10. The van der Waals surface area contributed by atoms with Crippen LogP contribution in [-0.2, 0) is 10.0 Å². The van der Waals surface area contributed by atoms with E-state index in [9.17, 15) is 13.5 Å². The Kier molecular flexibility index (Phi) is 4.72. The second-order valence-electron chi connectivity index (χ2n) is 3.00. The normalized spacial score (nSPS) is 13.7. The van der Waals surface area contributed by atoms with E-state index in [2.05, 4.69) is 20.7 Å². The number of sulfonamides is 1. The van der Waals surface area contributed by atoms with Crippen molar-refractivity contribution in [1.82, 2.24) is 4.72 Å². The topological polar surface area (TPSA) is 66.4 Å². The molecule has 1 unspecified atom stereocenters. The van der Waals surface area contributed by atoms with E-state index in [0.29, 0.717) is 5.56 Å². The molecule has 0 heterocycles. The molecule has 0 radical (unpaired) electrons. The van der Waals surface area contributed by atoms with E-state index in [4.69, 9.17) is 0 Å². The number of nitrogens with one attached hydrogen (secondary N) is 1. The Hall–Kier alpha value is -0.430. The van der Waals surface area contributed by atoms with Gasteiger partial charge in [0.05, 0.1) is 6.10 Å². The molecule has 0 aliphatic heterocycles. The van der Waals surface area contributed by atoms with Crippen molar-refractivity contribution in [3.8, 4) is 0 Å². The van der Waals surface area contributed by atoms with Gasteiger partial charge in [0.15, 0.2) is 0 Å². The van der Waals surface area contributed by atoms with Crippen LogP contribution < -0.4 is 4.72 Å². The maximum absolute atomic E-state index is 11.1. The standard InChI is InChI=1S/C9H12BrNO3S/c10-7-15(13,14)11-6-9(12)8-4-2-1-3-5-8/h1-5,9,11-12H,6-7H2. The molecule has 4 nitrogen and oxygen atoms in total. The van der Waals surface area contributed by atoms with Gasteiger partial charge in [-0.25, -0.2) is 13.1 Å². The zero-order valence-electron chi connectivity index (χ0n) is 7.93. The van der Waals surface area contributed by atoms with Gasteiger partial charge in [0.1, 0.15) is 4.66 Å². The van der Waals surface area contributed by atoms with Crippen molar-refractivity contribution >= 4 is 26.0 Å². The third-order valence-corrected chi connectivity index (χ3v) is 4.53. The lowest BCUT2D eigenvalue weighted by Gasteiger charge is -2.11. The molecule has 0 aliphatic rings. The summed E-state index contributed by atoms with van der Waals surface area (Å²) in [5.74, 6) is 0. The Morgan fingerprint density at radius 2 is 1.93 bits per heavy atom. The molecule has 1 rings (SSSR count). The van der Waals surface area contributed by atoms with Crippen LogP contribution in [0, 0.1) is 0 Å². The summed E-state index contributed by atoms with van der Waals surface area (Å²) in [5.41, 5.74) is 0.690. The monoisotopic (exact) mass is 293 g/mol. The lowest BCUT2D eigenvalue weighted by atomic mass is 10.1. The molecule has 0 saturated heterocycles. The zero-order valence-corrected chi connectivity index (χ0v) is 10.3. The Labute approximate surface area is 97.5 Å². The lowest BCUT2D eigenvalue weighted by molar-refractivity contribution is 0.182. The number of aliphatic hydroxyl groups excluding tert-OH is 1. The van der Waals surface area contributed by atoms with Crippen molar-refractivity contribution in [2.24, 2.45) is 0 Å². The van der Waals surface area contributed by atoms with Crippen LogP contribution in [0.1, 0.15) is 11.7 Å². The minimum Gasteiger partial charge on any atom is -0.387 e. The highest BCUT2D eigenvalue weighted by atomic mass is 79.9. The van der Waals surface area contributed by atoms with E-state index >= 15 is 0 Å². The van der Waals surface area contributed by atoms with Crippen LogP contribution in [0.4, 0.5) is 0 Å². The largest absolute Gasteiger partial charge is 0.387 e. The van der Waals surface area contributed by atoms with Gasteiger partial charge >= 0.3 is 0 Å². The quantitative estimate of drug-likeness (QED) is 0.796. The number of benzene rings is 1. The summed E-state index contributed by atoms with van der Waals surface area (Å²) >= 11 is 2.85. The van der Waals surface area contributed by atoms with Crippen LogP contribution in [0.25, 0.3) is 0 Å². The fourth-order valence-corrected chi connectivity index (χ4v) is 2.01. The van der Waals surface area contributed by atoms with Crippen LogP contribution in [0.2, 0.25) is 0 Å². The van der Waals surface area contributed by atoms with Crippen LogP contribution in [0.15, 0.2) is 30.3 Å². The summed E-state index contributed by atoms with van der Waals surface area (Å²) < 4.78 is 24.2. The summed E-state index contributed by atoms with van der Waals surface area (Å²) in [4.78, 5) is 0. The molecule has 0 fully saturated rings. The number of hydrogen-bond donors (Lipinski definition) is 2. The third kappa shape index (κ3) is 4.29. The molecule has 2 N–H and O–H groups in total. The van der Waals surface area contributed by atoms with Gasteiger partial charge < -0.3 is 5.11 Å². The van der Waals surface area contributed by atoms with E-state index in [-0.39, 0.29) is 11.2 Å². The Bertz CT molecular complexity index is 393. The van der Waals surface area contributed by atoms with E-state index < -0.39 is 16.1 Å². The van der Waals surface area contributed by atoms with Crippen molar-refractivity contribution in [3.63, 3.8) is 0 Å². The third-order valence-electron chi connectivity index (χ3n) is 1.82. The smallest absolute Gasteiger partial charge is 0.221 e. The first-order chi connectivity index (χ1) is 7.05. The molecule has 1 atom stereocenters. The van der Waals surface area contributed by atoms with E-state index in [1.165, 1.54) is 0 Å². The first-order valence-electron chi connectivity index (χ1n) is 4.31. The molecule has 1 aromatic rings. The van der Waals surface area contributed by atoms with Crippen molar-refractivity contribution in [2.75, 3.05) is 11.2 Å². The highest BCUT2D eigenvalue weighted by Gasteiger charge is 2.12. The molecule has 0 aromatic heterocycles. The number of hydrogen-bond acceptors (Lipinski definition) is 3. The SMILES string of the molecule is O=S(=O)(CBr)NCC(O)c1ccccc1. The molecule has 0 saturated carbocycles.